The Bertz CT molecular complexity index is 1340. The van der Waals surface area contributed by atoms with Crippen molar-refractivity contribution in [2.75, 3.05) is 5.32 Å². The van der Waals surface area contributed by atoms with Crippen LogP contribution in [0.3, 0.4) is 0 Å². The number of hydrogen-bond donors (Lipinski definition) is 1. The van der Waals surface area contributed by atoms with E-state index >= 15 is 0 Å². The minimum absolute atomic E-state index is 0.168. The number of para-hydroxylation sites is 2. The molecule has 0 saturated heterocycles. The van der Waals surface area contributed by atoms with Crippen LogP contribution >= 0.6 is 11.6 Å². The smallest absolute Gasteiger partial charge is 0.209 e. The molecule has 0 saturated carbocycles. The Morgan fingerprint density at radius 1 is 0.871 bits per heavy atom. The Morgan fingerprint density at radius 2 is 1.61 bits per heavy atom. The lowest BCUT2D eigenvalue weighted by atomic mass is 9.78. The van der Waals surface area contributed by atoms with Gasteiger partial charge in [0.1, 0.15) is 0 Å². The van der Waals surface area contributed by atoms with Crippen molar-refractivity contribution in [3.8, 4) is 0 Å². The quantitative estimate of drug-likeness (QED) is 0.421. The molecule has 4 aromatic rings. The summed E-state index contributed by atoms with van der Waals surface area (Å²) in [5, 5.41) is 4.20. The summed E-state index contributed by atoms with van der Waals surface area (Å²) >= 11 is 6.17. The van der Waals surface area contributed by atoms with Crippen molar-refractivity contribution in [1.29, 1.82) is 0 Å². The maximum Gasteiger partial charge on any atom is 0.209 e. The molecule has 31 heavy (non-hydrogen) atoms. The van der Waals surface area contributed by atoms with E-state index in [1.54, 1.807) is 0 Å². The second kappa shape index (κ2) is 7.10. The molecule has 2 aliphatic rings. The van der Waals surface area contributed by atoms with E-state index in [-0.39, 0.29) is 17.7 Å². The number of nitrogens with one attached hydrogen (secondary N) is 1. The molecule has 1 aliphatic heterocycles. The highest BCUT2D eigenvalue weighted by Crippen LogP contribution is 2.46. The van der Waals surface area contributed by atoms with Crippen LogP contribution in [0.5, 0.6) is 0 Å². The topological polar surface area (TPSA) is 46.9 Å². The molecule has 5 heteroatoms. The van der Waals surface area contributed by atoms with Crippen LogP contribution in [0.15, 0.2) is 90.1 Å². The highest BCUT2D eigenvalue weighted by Gasteiger charge is 2.39. The van der Waals surface area contributed by atoms with Gasteiger partial charge in [-0.15, -0.1) is 0 Å². The lowest BCUT2D eigenvalue weighted by molar-refractivity contribution is -0.116. The van der Waals surface area contributed by atoms with Crippen LogP contribution in [0.4, 0.5) is 5.95 Å². The number of carbonyl (C=O) groups is 1. The molecule has 0 unspecified atom stereocenters. The minimum Gasteiger partial charge on any atom is -0.329 e. The summed E-state index contributed by atoms with van der Waals surface area (Å²) in [7, 11) is 0. The molecule has 4 nitrogen and oxygen atoms in total. The molecular weight excluding hydrogens is 406 g/mol. The van der Waals surface area contributed by atoms with Crippen LogP contribution in [-0.2, 0) is 4.79 Å². The molecule has 1 N–H and O–H groups in total. The third-order valence-corrected chi connectivity index (χ3v) is 6.61. The molecular formula is C26H20ClN3O. The molecule has 1 aromatic heterocycles. The van der Waals surface area contributed by atoms with Crippen molar-refractivity contribution in [2.24, 2.45) is 0 Å². The molecule has 0 radical (unpaired) electrons. The van der Waals surface area contributed by atoms with Crippen LogP contribution in [0.2, 0.25) is 5.02 Å². The largest absolute Gasteiger partial charge is 0.329 e. The van der Waals surface area contributed by atoms with Gasteiger partial charge < -0.3 is 5.32 Å². The lowest BCUT2D eigenvalue weighted by Crippen LogP contribution is -2.33. The number of benzene rings is 3. The molecule has 0 spiro atoms. The first-order chi connectivity index (χ1) is 15.2. The lowest BCUT2D eigenvalue weighted by Gasteiger charge is -2.36. The SMILES string of the molecule is O=C1C[C@@H](c2ccccc2)CC2=C1[C@H](c1ccc(Cl)cc1)n1c(nc3ccccc31)N2. The van der Waals surface area contributed by atoms with Gasteiger partial charge in [0.15, 0.2) is 5.78 Å². The summed E-state index contributed by atoms with van der Waals surface area (Å²) in [5.74, 6) is 1.13. The normalized spacial score (nSPS) is 20.4. The Balaban J connectivity index is 1.54. The number of halogens is 1. The summed E-state index contributed by atoms with van der Waals surface area (Å²) < 4.78 is 2.15. The minimum atomic E-state index is -0.222. The fourth-order valence-electron chi connectivity index (χ4n) is 4.95. The Kier molecular flexibility index (Phi) is 4.22. The number of anilines is 1. The van der Waals surface area contributed by atoms with Gasteiger partial charge in [-0.2, -0.15) is 0 Å². The monoisotopic (exact) mass is 425 g/mol. The van der Waals surface area contributed by atoms with Gasteiger partial charge in [0, 0.05) is 22.7 Å². The van der Waals surface area contributed by atoms with Gasteiger partial charge in [0.25, 0.3) is 0 Å². The number of ketones is 1. The van der Waals surface area contributed by atoms with Crippen LogP contribution in [0, 0.1) is 0 Å². The van der Waals surface area contributed by atoms with Gasteiger partial charge in [-0.1, -0.05) is 66.2 Å². The molecule has 152 valence electrons. The highest BCUT2D eigenvalue weighted by atomic mass is 35.5. The predicted octanol–water partition coefficient (Wildman–Crippen LogP) is 6.11. The second-order valence-corrected chi connectivity index (χ2v) is 8.64. The number of Topliss-reactive ketones (excluding diaryl/α,β-unsaturated/α-hetero) is 1. The number of rotatable bonds is 2. The Morgan fingerprint density at radius 3 is 2.42 bits per heavy atom. The van der Waals surface area contributed by atoms with E-state index in [0.717, 1.165) is 40.2 Å². The van der Waals surface area contributed by atoms with Gasteiger partial charge >= 0.3 is 0 Å². The van der Waals surface area contributed by atoms with Crippen molar-refractivity contribution in [1.82, 2.24) is 9.55 Å². The number of carbonyl (C=O) groups excluding carboxylic acids is 1. The average Bonchev–Trinajstić information content (AvgIpc) is 3.17. The Hall–Kier alpha value is -3.37. The zero-order valence-electron chi connectivity index (χ0n) is 16.8. The summed E-state index contributed by atoms with van der Waals surface area (Å²) in [6, 6.07) is 25.9. The van der Waals surface area contributed by atoms with Crippen molar-refractivity contribution >= 4 is 34.4 Å². The highest BCUT2D eigenvalue weighted by molar-refractivity contribution is 6.30. The zero-order valence-corrected chi connectivity index (χ0v) is 17.5. The van der Waals surface area contributed by atoms with E-state index in [1.807, 2.05) is 60.7 Å². The van der Waals surface area contributed by atoms with E-state index in [1.165, 1.54) is 5.56 Å². The number of hydrogen-bond acceptors (Lipinski definition) is 3. The molecule has 1 aliphatic carbocycles. The number of imidazole rings is 1. The Labute approximate surface area is 185 Å². The third-order valence-electron chi connectivity index (χ3n) is 6.35. The predicted molar refractivity (Wildman–Crippen MR) is 123 cm³/mol. The van der Waals surface area contributed by atoms with E-state index in [0.29, 0.717) is 11.4 Å². The summed E-state index contributed by atoms with van der Waals surface area (Å²) in [6.45, 7) is 0. The second-order valence-electron chi connectivity index (χ2n) is 8.20. The number of allylic oxidation sites excluding steroid dienone is 2. The third kappa shape index (κ3) is 2.98. The van der Waals surface area contributed by atoms with Gasteiger partial charge in [-0.25, -0.2) is 4.98 Å². The number of fused-ring (bicyclic) bond motifs is 3. The molecule has 2 atom stereocenters. The van der Waals surface area contributed by atoms with Crippen molar-refractivity contribution < 1.29 is 4.79 Å². The zero-order chi connectivity index (χ0) is 20.9. The van der Waals surface area contributed by atoms with E-state index in [4.69, 9.17) is 16.6 Å². The maximum atomic E-state index is 13.6. The van der Waals surface area contributed by atoms with Gasteiger partial charge in [-0.05, 0) is 47.7 Å². The molecule has 0 bridgehead atoms. The first-order valence-corrected chi connectivity index (χ1v) is 10.9. The van der Waals surface area contributed by atoms with E-state index < -0.39 is 0 Å². The first kappa shape index (κ1) is 18.4. The van der Waals surface area contributed by atoms with Gasteiger partial charge in [0.2, 0.25) is 5.95 Å². The molecule has 6 rings (SSSR count). The molecule has 0 fully saturated rings. The summed E-state index contributed by atoms with van der Waals surface area (Å²) in [5.41, 5.74) is 5.98. The first-order valence-electron chi connectivity index (χ1n) is 10.5. The van der Waals surface area contributed by atoms with Crippen molar-refractivity contribution in [3.05, 3.63) is 106 Å². The van der Waals surface area contributed by atoms with Crippen LogP contribution in [0.25, 0.3) is 11.0 Å². The van der Waals surface area contributed by atoms with E-state index in [2.05, 4.69) is 28.1 Å². The summed E-state index contributed by atoms with van der Waals surface area (Å²) in [6.07, 6.45) is 1.30. The van der Waals surface area contributed by atoms with Crippen LogP contribution in [0.1, 0.15) is 35.9 Å². The maximum absolute atomic E-state index is 13.6. The number of nitrogens with zero attached hydrogens (tertiary/aromatic N) is 2. The fourth-order valence-corrected chi connectivity index (χ4v) is 5.07. The van der Waals surface area contributed by atoms with Gasteiger partial charge in [-0.3, -0.25) is 9.36 Å². The van der Waals surface area contributed by atoms with Crippen LogP contribution < -0.4 is 5.32 Å². The van der Waals surface area contributed by atoms with E-state index in [9.17, 15) is 4.79 Å². The molecule has 3 aromatic carbocycles. The van der Waals surface area contributed by atoms with Crippen LogP contribution in [-0.4, -0.2) is 15.3 Å². The molecule has 0 amide bonds. The van der Waals surface area contributed by atoms with Crippen molar-refractivity contribution in [3.63, 3.8) is 0 Å². The fraction of sp³-hybridized carbons (Fsp3) is 0.154. The molecule has 2 heterocycles. The van der Waals surface area contributed by atoms with Gasteiger partial charge in [0.05, 0.1) is 17.1 Å². The number of aromatic nitrogens is 2. The van der Waals surface area contributed by atoms with Crippen molar-refractivity contribution in [2.45, 2.75) is 24.8 Å². The standard InChI is InChI=1S/C26H20ClN3O/c27-19-12-10-17(11-13-19)25-24-21(14-18(15-23(24)31)16-6-2-1-3-7-16)29-26-28-20-8-4-5-9-22(20)30(25)26/h1-13,18,25H,14-15H2,(H,28,29)/t18-,25-/m0/s1. The average molecular weight is 426 g/mol. The summed E-state index contributed by atoms with van der Waals surface area (Å²) in [4.78, 5) is 18.4.